The maximum absolute atomic E-state index is 12.8. The molecular weight excluding hydrogens is 269 g/mol. The van der Waals surface area contributed by atoms with Crippen LogP contribution < -0.4 is 5.32 Å². The molecule has 1 amide bonds. The highest BCUT2D eigenvalue weighted by atomic mass is 19.1. The highest BCUT2D eigenvalue weighted by Crippen LogP contribution is 2.08. The van der Waals surface area contributed by atoms with Gasteiger partial charge in [0.1, 0.15) is 12.4 Å². The summed E-state index contributed by atoms with van der Waals surface area (Å²) in [7, 11) is 0. The van der Waals surface area contributed by atoms with E-state index in [0.29, 0.717) is 17.7 Å². The number of carbonyl (C=O) groups is 1. The molecular formula is C17H14FNO2. The first kappa shape index (κ1) is 14.8. The normalized spacial score (nSPS) is 9.62. The molecule has 3 nitrogen and oxygen atoms in total. The highest BCUT2D eigenvalue weighted by Gasteiger charge is 2.09. The van der Waals surface area contributed by atoms with Crippen LogP contribution in [0.15, 0.2) is 48.5 Å². The molecule has 0 atom stereocenters. The molecule has 0 aromatic heterocycles. The Morgan fingerprint density at radius 3 is 2.57 bits per heavy atom. The van der Waals surface area contributed by atoms with Gasteiger partial charge in [-0.3, -0.25) is 4.79 Å². The Bertz CT molecular complexity index is 684. The molecule has 2 N–H and O–H groups in total. The first-order valence-electron chi connectivity index (χ1n) is 6.42. The van der Waals surface area contributed by atoms with Gasteiger partial charge in [-0.2, -0.15) is 0 Å². The second-order valence-corrected chi connectivity index (χ2v) is 4.31. The van der Waals surface area contributed by atoms with E-state index in [1.165, 1.54) is 12.1 Å². The number of nitrogens with one attached hydrogen (secondary N) is 1. The van der Waals surface area contributed by atoms with Gasteiger partial charge in [-0.1, -0.05) is 36.1 Å². The minimum atomic E-state index is -0.310. The van der Waals surface area contributed by atoms with Gasteiger partial charge in [-0.05, 0) is 29.8 Å². The van der Waals surface area contributed by atoms with E-state index in [0.717, 1.165) is 5.56 Å². The lowest BCUT2D eigenvalue weighted by Gasteiger charge is -2.07. The number of hydrogen-bond acceptors (Lipinski definition) is 2. The van der Waals surface area contributed by atoms with Gasteiger partial charge in [0.15, 0.2) is 0 Å². The summed E-state index contributed by atoms with van der Waals surface area (Å²) in [5, 5.41) is 11.5. The molecule has 0 fully saturated rings. The second-order valence-electron chi connectivity index (χ2n) is 4.31. The summed E-state index contributed by atoms with van der Waals surface area (Å²) < 4.78 is 12.8. The van der Waals surface area contributed by atoms with Crippen molar-refractivity contribution < 1.29 is 14.3 Å². The predicted octanol–water partition coefficient (Wildman–Crippen LogP) is 2.10. The number of benzene rings is 2. The van der Waals surface area contributed by atoms with Crippen molar-refractivity contribution in [2.24, 2.45) is 0 Å². The molecule has 0 spiro atoms. The maximum Gasteiger partial charge on any atom is 0.252 e. The van der Waals surface area contributed by atoms with Crippen LogP contribution in [0.5, 0.6) is 0 Å². The lowest BCUT2D eigenvalue weighted by Crippen LogP contribution is -2.23. The molecule has 2 aromatic carbocycles. The Morgan fingerprint density at radius 1 is 1.14 bits per heavy atom. The summed E-state index contributed by atoms with van der Waals surface area (Å²) >= 11 is 0. The topological polar surface area (TPSA) is 49.3 Å². The molecule has 0 saturated carbocycles. The van der Waals surface area contributed by atoms with Gasteiger partial charge in [0, 0.05) is 12.1 Å². The van der Waals surface area contributed by atoms with Gasteiger partial charge in [0.05, 0.1) is 5.56 Å². The number of carbonyl (C=O) groups excluding carboxylic acids is 1. The molecule has 0 aliphatic rings. The quantitative estimate of drug-likeness (QED) is 0.848. The standard InChI is InChI=1S/C17H14FNO2/c18-15-9-7-13(8-10-15)12-19-17(21)16-6-2-1-4-14(16)5-3-11-20/h1-2,4,6-10,20H,11-12H2,(H,19,21). The van der Waals surface area contributed by atoms with Crippen LogP contribution >= 0.6 is 0 Å². The Balaban J connectivity index is 2.08. The minimum absolute atomic E-state index is 0.258. The first-order valence-corrected chi connectivity index (χ1v) is 6.42. The summed E-state index contributed by atoms with van der Waals surface area (Å²) in [5.74, 6) is 4.69. The second kappa shape index (κ2) is 7.22. The lowest BCUT2D eigenvalue weighted by atomic mass is 10.1. The Kier molecular flexibility index (Phi) is 5.08. The molecule has 0 aliphatic carbocycles. The average Bonchev–Trinajstić information content (AvgIpc) is 2.52. The Morgan fingerprint density at radius 2 is 1.86 bits per heavy atom. The molecule has 0 aliphatic heterocycles. The summed E-state index contributed by atoms with van der Waals surface area (Å²) in [6.45, 7) is 0.0480. The third-order valence-corrected chi connectivity index (χ3v) is 2.84. The van der Waals surface area contributed by atoms with E-state index in [-0.39, 0.29) is 18.3 Å². The van der Waals surface area contributed by atoms with Crippen LogP contribution in [0, 0.1) is 17.7 Å². The van der Waals surface area contributed by atoms with E-state index in [2.05, 4.69) is 17.2 Å². The Hall–Kier alpha value is -2.64. The van der Waals surface area contributed by atoms with Crippen molar-refractivity contribution in [2.75, 3.05) is 6.61 Å². The fourth-order valence-electron chi connectivity index (χ4n) is 1.80. The Labute approximate surface area is 122 Å². The minimum Gasteiger partial charge on any atom is -0.384 e. The predicted molar refractivity (Wildman–Crippen MR) is 78.0 cm³/mol. The third kappa shape index (κ3) is 4.16. The summed E-state index contributed by atoms with van der Waals surface area (Å²) in [6, 6.07) is 12.8. The van der Waals surface area contributed by atoms with Gasteiger partial charge in [-0.25, -0.2) is 4.39 Å². The monoisotopic (exact) mass is 283 g/mol. The van der Waals surface area contributed by atoms with Gasteiger partial charge in [0.25, 0.3) is 5.91 Å². The van der Waals surface area contributed by atoms with Gasteiger partial charge < -0.3 is 10.4 Å². The zero-order valence-electron chi connectivity index (χ0n) is 11.3. The van der Waals surface area contributed by atoms with Gasteiger partial charge in [-0.15, -0.1) is 0 Å². The number of rotatable bonds is 3. The number of aliphatic hydroxyl groups excluding tert-OH is 1. The molecule has 2 rings (SSSR count). The average molecular weight is 283 g/mol. The summed E-state index contributed by atoms with van der Waals surface area (Å²) in [4.78, 5) is 12.2. The number of hydrogen-bond donors (Lipinski definition) is 2. The van der Waals surface area contributed by atoms with Crippen molar-refractivity contribution in [1.82, 2.24) is 5.32 Å². The van der Waals surface area contributed by atoms with Gasteiger partial charge >= 0.3 is 0 Å². The zero-order chi connectivity index (χ0) is 15.1. The zero-order valence-corrected chi connectivity index (χ0v) is 11.3. The summed E-state index contributed by atoms with van der Waals surface area (Å²) in [6.07, 6.45) is 0. The van der Waals surface area contributed by atoms with Crippen molar-refractivity contribution in [2.45, 2.75) is 6.54 Å². The SMILES string of the molecule is O=C(NCc1ccc(F)cc1)c1ccccc1C#CCO. The van der Waals surface area contributed by atoms with Crippen LogP contribution in [0.3, 0.4) is 0 Å². The van der Waals surface area contributed by atoms with Crippen LogP contribution in [0.1, 0.15) is 21.5 Å². The molecule has 0 heterocycles. The molecule has 0 saturated heterocycles. The van der Waals surface area contributed by atoms with Crippen LogP contribution in [0.4, 0.5) is 4.39 Å². The molecule has 0 bridgehead atoms. The fourth-order valence-corrected chi connectivity index (χ4v) is 1.80. The van der Waals surface area contributed by atoms with Crippen molar-refractivity contribution in [3.8, 4) is 11.8 Å². The van der Waals surface area contributed by atoms with Gasteiger partial charge in [0.2, 0.25) is 0 Å². The molecule has 4 heteroatoms. The molecule has 0 radical (unpaired) electrons. The maximum atomic E-state index is 12.8. The van der Waals surface area contributed by atoms with Crippen LogP contribution in [0.25, 0.3) is 0 Å². The van der Waals surface area contributed by atoms with E-state index in [4.69, 9.17) is 5.11 Å². The molecule has 106 valence electrons. The highest BCUT2D eigenvalue weighted by molar-refractivity contribution is 5.96. The number of amides is 1. The van der Waals surface area contributed by atoms with Crippen molar-refractivity contribution in [3.63, 3.8) is 0 Å². The molecule has 2 aromatic rings. The van der Waals surface area contributed by atoms with E-state index in [1.54, 1.807) is 36.4 Å². The molecule has 0 unspecified atom stereocenters. The fraction of sp³-hybridized carbons (Fsp3) is 0.118. The van der Waals surface area contributed by atoms with E-state index >= 15 is 0 Å². The van der Waals surface area contributed by atoms with E-state index in [9.17, 15) is 9.18 Å². The largest absolute Gasteiger partial charge is 0.384 e. The third-order valence-electron chi connectivity index (χ3n) is 2.84. The van der Waals surface area contributed by atoms with E-state index < -0.39 is 0 Å². The number of halogens is 1. The van der Waals surface area contributed by atoms with Crippen LogP contribution in [-0.4, -0.2) is 17.6 Å². The van der Waals surface area contributed by atoms with Crippen LogP contribution in [0.2, 0.25) is 0 Å². The van der Waals surface area contributed by atoms with E-state index in [1.807, 2.05) is 0 Å². The number of aliphatic hydroxyl groups is 1. The first-order chi connectivity index (χ1) is 10.2. The molecule has 21 heavy (non-hydrogen) atoms. The lowest BCUT2D eigenvalue weighted by molar-refractivity contribution is 0.0950. The van der Waals surface area contributed by atoms with Crippen molar-refractivity contribution in [3.05, 3.63) is 71.0 Å². The summed E-state index contributed by atoms with van der Waals surface area (Å²) in [5.41, 5.74) is 1.81. The van der Waals surface area contributed by atoms with Crippen molar-refractivity contribution >= 4 is 5.91 Å². The van der Waals surface area contributed by atoms with Crippen LogP contribution in [-0.2, 0) is 6.54 Å². The smallest absolute Gasteiger partial charge is 0.252 e. The van der Waals surface area contributed by atoms with Crippen molar-refractivity contribution in [1.29, 1.82) is 0 Å².